The van der Waals surface area contributed by atoms with Crippen LogP contribution in [-0.2, 0) is 0 Å². The van der Waals surface area contributed by atoms with Crippen LogP contribution in [0.1, 0.15) is 71.6 Å². The molecule has 0 saturated heterocycles. The van der Waals surface area contributed by atoms with Gasteiger partial charge < -0.3 is 0 Å². The minimum absolute atomic E-state index is 0.858. The first-order valence-electron chi connectivity index (χ1n) is 6.78. The Hall–Kier alpha value is 0. The lowest BCUT2D eigenvalue weighted by molar-refractivity contribution is 0.139. The Morgan fingerprint density at radius 2 is 1.71 bits per heavy atom. The molecule has 2 aliphatic carbocycles. The van der Waals surface area contributed by atoms with Crippen molar-refractivity contribution in [3.8, 4) is 0 Å². The molecule has 82 valence electrons. The summed E-state index contributed by atoms with van der Waals surface area (Å²) < 4.78 is 0. The third kappa shape index (κ3) is 2.32. The van der Waals surface area contributed by atoms with Crippen LogP contribution in [0, 0.1) is 17.3 Å². The Labute approximate surface area is 89.5 Å². The number of hydrogen-bond acceptors (Lipinski definition) is 0. The van der Waals surface area contributed by atoms with Gasteiger partial charge in [0, 0.05) is 0 Å². The summed E-state index contributed by atoms with van der Waals surface area (Å²) in [5, 5.41) is 0. The highest BCUT2D eigenvalue weighted by atomic mass is 14.5. The molecule has 0 radical (unpaired) electrons. The SMILES string of the molecule is CCCC1CC(CC2(CCC)CC2)C1. The molecular formula is C14H26. The van der Waals surface area contributed by atoms with Crippen LogP contribution in [0.4, 0.5) is 0 Å². The topological polar surface area (TPSA) is 0 Å². The van der Waals surface area contributed by atoms with E-state index in [4.69, 9.17) is 0 Å². The third-order valence-corrected chi connectivity index (χ3v) is 4.49. The lowest BCUT2D eigenvalue weighted by atomic mass is 9.68. The lowest BCUT2D eigenvalue weighted by Gasteiger charge is -2.37. The normalized spacial score (nSPS) is 33.9. The summed E-state index contributed by atoms with van der Waals surface area (Å²) in [5.74, 6) is 2.24. The maximum Gasteiger partial charge on any atom is -0.0295 e. The first-order chi connectivity index (χ1) is 6.78. The molecule has 0 atom stereocenters. The van der Waals surface area contributed by atoms with Gasteiger partial charge >= 0.3 is 0 Å². The second-order valence-electron chi connectivity index (χ2n) is 5.95. The molecule has 0 aromatic rings. The van der Waals surface area contributed by atoms with Crippen LogP contribution in [-0.4, -0.2) is 0 Å². The van der Waals surface area contributed by atoms with E-state index in [1.165, 1.54) is 25.7 Å². The van der Waals surface area contributed by atoms with E-state index >= 15 is 0 Å². The van der Waals surface area contributed by atoms with E-state index in [1.54, 1.807) is 32.1 Å². The van der Waals surface area contributed by atoms with Gasteiger partial charge in [-0.15, -0.1) is 0 Å². The van der Waals surface area contributed by atoms with Crippen molar-refractivity contribution in [2.75, 3.05) is 0 Å². The fourth-order valence-corrected chi connectivity index (χ4v) is 3.56. The maximum atomic E-state index is 2.35. The zero-order valence-corrected chi connectivity index (χ0v) is 10.0. The van der Waals surface area contributed by atoms with Crippen LogP contribution < -0.4 is 0 Å². The van der Waals surface area contributed by atoms with Gasteiger partial charge in [0.15, 0.2) is 0 Å². The van der Waals surface area contributed by atoms with Gasteiger partial charge in [0.2, 0.25) is 0 Å². The Balaban J connectivity index is 1.64. The highest BCUT2D eigenvalue weighted by Crippen LogP contribution is 2.57. The molecule has 0 nitrogen and oxygen atoms in total. The first-order valence-corrected chi connectivity index (χ1v) is 6.78. The molecule has 2 saturated carbocycles. The highest BCUT2D eigenvalue weighted by Gasteiger charge is 2.45. The zero-order chi connectivity index (χ0) is 10.0. The smallest absolute Gasteiger partial charge is 0.0295 e. The fourth-order valence-electron chi connectivity index (χ4n) is 3.56. The quantitative estimate of drug-likeness (QED) is 0.570. The van der Waals surface area contributed by atoms with Crippen molar-refractivity contribution in [2.45, 2.75) is 71.6 Å². The molecule has 2 fully saturated rings. The maximum absolute atomic E-state index is 2.35. The van der Waals surface area contributed by atoms with Gasteiger partial charge in [-0.2, -0.15) is 0 Å². The van der Waals surface area contributed by atoms with Crippen molar-refractivity contribution in [3.05, 3.63) is 0 Å². The Morgan fingerprint density at radius 3 is 2.21 bits per heavy atom. The second kappa shape index (κ2) is 4.24. The summed E-state index contributed by atoms with van der Waals surface area (Å²) in [4.78, 5) is 0. The van der Waals surface area contributed by atoms with Crippen LogP contribution in [0.25, 0.3) is 0 Å². The molecule has 0 aromatic heterocycles. The first kappa shape index (κ1) is 10.5. The van der Waals surface area contributed by atoms with Gasteiger partial charge in [-0.3, -0.25) is 0 Å². The standard InChI is InChI=1S/C14H26/c1-3-5-12-9-13(10-12)11-14(6-4-2)7-8-14/h12-13H,3-11H2,1-2H3. The summed E-state index contributed by atoms with van der Waals surface area (Å²) in [6.45, 7) is 4.67. The number of rotatable bonds is 6. The van der Waals surface area contributed by atoms with Crippen LogP contribution in [0.2, 0.25) is 0 Å². The monoisotopic (exact) mass is 194 g/mol. The average Bonchev–Trinajstić information content (AvgIpc) is 2.83. The molecule has 0 aromatic carbocycles. The molecule has 0 heterocycles. The molecule has 0 aliphatic heterocycles. The summed E-state index contributed by atoms with van der Waals surface area (Å²) >= 11 is 0. The van der Waals surface area contributed by atoms with E-state index in [0.29, 0.717) is 0 Å². The van der Waals surface area contributed by atoms with Gasteiger partial charge in [-0.25, -0.2) is 0 Å². The van der Waals surface area contributed by atoms with E-state index in [2.05, 4.69) is 13.8 Å². The third-order valence-electron chi connectivity index (χ3n) is 4.49. The molecule has 0 spiro atoms. The zero-order valence-electron chi connectivity index (χ0n) is 10.0. The van der Waals surface area contributed by atoms with Gasteiger partial charge in [-0.1, -0.05) is 33.1 Å². The van der Waals surface area contributed by atoms with Crippen molar-refractivity contribution < 1.29 is 0 Å². The Kier molecular flexibility index (Phi) is 3.19. The molecular weight excluding hydrogens is 168 g/mol. The van der Waals surface area contributed by atoms with Crippen molar-refractivity contribution in [3.63, 3.8) is 0 Å². The Morgan fingerprint density at radius 1 is 1.00 bits per heavy atom. The summed E-state index contributed by atoms with van der Waals surface area (Å²) in [7, 11) is 0. The van der Waals surface area contributed by atoms with Gasteiger partial charge in [-0.05, 0) is 55.8 Å². The molecule has 0 N–H and O–H groups in total. The molecule has 0 heteroatoms. The Bertz CT molecular complexity index is 172. The van der Waals surface area contributed by atoms with E-state index in [1.807, 2.05) is 0 Å². The van der Waals surface area contributed by atoms with Crippen LogP contribution >= 0.6 is 0 Å². The van der Waals surface area contributed by atoms with Crippen LogP contribution in [0.3, 0.4) is 0 Å². The summed E-state index contributed by atoms with van der Waals surface area (Å²) in [6, 6.07) is 0. The van der Waals surface area contributed by atoms with Gasteiger partial charge in [0.05, 0.1) is 0 Å². The molecule has 2 aliphatic rings. The van der Waals surface area contributed by atoms with E-state index in [9.17, 15) is 0 Å². The van der Waals surface area contributed by atoms with Gasteiger partial charge in [0.1, 0.15) is 0 Å². The van der Waals surface area contributed by atoms with Crippen LogP contribution in [0.5, 0.6) is 0 Å². The molecule has 0 unspecified atom stereocenters. The van der Waals surface area contributed by atoms with E-state index in [-0.39, 0.29) is 0 Å². The summed E-state index contributed by atoms with van der Waals surface area (Å²) in [6.07, 6.45) is 13.6. The average molecular weight is 194 g/mol. The molecule has 0 bridgehead atoms. The van der Waals surface area contributed by atoms with E-state index in [0.717, 1.165) is 17.3 Å². The predicted molar refractivity (Wildman–Crippen MR) is 62.3 cm³/mol. The highest BCUT2D eigenvalue weighted by molar-refractivity contribution is 4.96. The fraction of sp³-hybridized carbons (Fsp3) is 1.00. The molecule has 14 heavy (non-hydrogen) atoms. The van der Waals surface area contributed by atoms with Crippen molar-refractivity contribution in [1.29, 1.82) is 0 Å². The largest absolute Gasteiger partial charge is 0.0654 e. The van der Waals surface area contributed by atoms with E-state index < -0.39 is 0 Å². The van der Waals surface area contributed by atoms with Gasteiger partial charge in [0.25, 0.3) is 0 Å². The van der Waals surface area contributed by atoms with Crippen molar-refractivity contribution in [2.24, 2.45) is 17.3 Å². The van der Waals surface area contributed by atoms with Crippen LogP contribution in [0.15, 0.2) is 0 Å². The van der Waals surface area contributed by atoms with Crippen molar-refractivity contribution in [1.82, 2.24) is 0 Å². The summed E-state index contributed by atoms with van der Waals surface area (Å²) in [5.41, 5.74) is 0.858. The minimum Gasteiger partial charge on any atom is -0.0654 e. The minimum atomic E-state index is 0.858. The van der Waals surface area contributed by atoms with Crippen molar-refractivity contribution >= 4 is 0 Å². The lowest BCUT2D eigenvalue weighted by Crippen LogP contribution is -2.26. The predicted octanol–water partition coefficient (Wildman–Crippen LogP) is 4.78. The number of hydrogen-bond donors (Lipinski definition) is 0. The molecule has 2 rings (SSSR count). The molecule has 0 amide bonds. The second-order valence-corrected chi connectivity index (χ2v) is 5.95.